The van der Waals surface area contributed by atoms with Crippen molar-refractivity contribution in [2.45, 2.75) is 19.4 Å². The van der Waals surface area contributed by atoms with Gasteiger partial charge in [-0.2, -0.15) is 5.26 Å². The van der Waals surface area contributed by atoms with Crippen LogP contribution in [0.4, 0.5) is 0 Å². The minimum atomic E-state index is -0.582. The monoisotopic (exact) mass is 283 g/mol. The van der Waals surface area contributed by atoms with Gasteiger partial charge >= 0.3 is 0 Å². The number of ether oxygens (including phenoxy) is 1. The fourth-order valence-electron chi connectivity index (χ4n) is 1.31. The van der Waals surface area contributed by atoms with Gasteiger partial charge in [0, 0.05) is 16.6 Å². The minimum Gasteiger partial charge on any atom is -0.396 e. The van der Waals surface area contributed by atoms with E-state index in [2.05, 4.69) is 22.0 Å². The lowest BCUT2D eigenvalue weighted by Crippen LogP contribution is -2.05. The molecule has 1 atom stereocenters. The third-order valence-electron chi connectivity index (χ3n) is 2.14. The fourth-order valence-corrected chi connectivity index (χ4v) is 2.01. The van der Waals surface area contributed by atoms with Gasteiger partial charge in [0.1, 0.15) is 0 Å². The molecular formula is C12H14BrNO2. The van der Waals surface area contributed by atoms with E-state index in [1.807, 2.05) is 25.1 Å². The van der Waals surface area contributed by atoms with Crippen molar-refractivity contribution in [1.29, 1.82) is 5.26 Å². The summed E-state index contributed by atoms with van der Waals surface area (Å²) in [6.07, 6.45) is -0.0386. The van der Waals surface area contributed by atoms with Crippen LogP contribution in [0.15, 0.2) is 22.7 Å². The highest BCUT2D eigenvalue weighted by atomic mass is 79.9. The standard InChI is InChI=1S/C12H14BrNO2/c1-9-3-4-10(11(13)7-9)12(8-14)16-6-2-5-15/h3-4,7,12,15H,2,5-6H2,1H3. The lowest BCUT2D eigenvalue weighted by Gasteiger charge is -2.12. The highest BCUT2D eigenvalue weighted by Gasteiger charge is 2.13. The third kappa shape index (κ3) is 3.60. The zero-order valence-corrected chi connectivity index (χ0v) is 10.7. The number of nitriles is 1. The summed E-state index contributed by atoms with van der Waals surface area (Å²) in [4.78, 5) is 0. The zero-order valence-electron chi connectivity index (χ0n) is 9.11. The van der Waals surface area contributed by atoms with Crippen LogP contribution in [-0.2, 0) is 4.74 Å². The van der Waals surface area contributed by atoms with Gasteiger partial charge < -0.3 is 9.84 Å². The van der Waals surface area contributed by atoms with Crippen LogP contribution in [-0.4, -0.2) is 18.3 Å². The molecular weight excluding hydrogens is 270 g/mol. The third-order valence-corrected chi connectivity index (χ3v) is 2.83. The summed E-state index contributed by atoms with van der Waals surface area (Å²) >= 11 is 3.42. The molecule has 86 valence electrons. The Kier molecular flexibility index (Phi) is 5.47. The van der Waals surface area contributed by atoms with Gasteiger partial charge in [0.25, 0.3) is 0 Å². The molecule has 0 fully saturated rings. The Balaban J connectivity index is 2.76. The van der Waals surface area contributed by atoms with E-state index in [1.54, 1.807) is 0 Å². The van der Waals surface area contributed by atoms with Crippen molar-refractivity contribution >= 4 is 15.9 Å². The second-order valence-electron chi connectivity index (χ2n) is 3.48. The van der Waals surface area contributed by atoms with Gasteiger partial charge in [0.15, 0.2) is 6.10 Å². The largest absolute Gasteiger partial charge is 0.396 e. The molecule has 1 aromatic rings. The van der Waals surface area contributed by atoms with Crippen molar-refractivity contribution in [3.05, 3.63) is 33.8 Å². The van der Waals surface area contributed by atoms with Crippen molar-refractivity contribution in [1.82, 2.24) is 0 Å². The number of aliphatic hydroxyl groups excluding tert-OH is 1. The van der Waals surface area contributed by atoms with E-state index in [0.29, 0.717) is 13.0 Å². The van der Waals surface area contributed by atoms with E-state index in [1.165, 1.54) is 0 Å². The van der Waals surface area contributed by atoms with Crippen LogP contribution >= 0.6 is 15.9 Å². The summed E-state index contributed by atoms with van der Waals surface area (Å²) in [5, 5.41) is 17.7. The predicted octanol–water partition coefficient (Wildman–Crippen LogP) is 2.72. The summed E-state index contributed by atoms with van der Waals surface area (Å²) in [6, 6.07) is 7.88. The van der Waals surface area contributed by atoms with Gasteiger partial charge in [0.05, 0.1) is 12.7 Å². The van der Waals surface area contributed by atoms with Gasteiger partial charge in [0.2, 0.25) is 0 Å². The number of aliphatic hydroxyl groups is 1. The highest BCUT2D eigenvalue weighted by molar-refractivity contribution is 9.10. The van der Waals surface area contributed by atoms with Crippen LogP contribution < -0.4 is 0 Å². The summed E-state index contributed by atoms with van der Waals surface area (Å²) in [5.41, 5.74) is 1.95. The van der Waals surface area contributed by atoms with Crippen LogP contribution in [0, 0.1) is 18.3 Å². The van der Waals surface area contributed by atoms with Gasteiger partial charge in [-0.25, -0.2) is 0 Å². The first-order valence-electron chi connectivity index (χ1n) is 5.07. The van der Waals surface area contributed by atoms with E-state index in [-0.39, 0.29) is 6.61 Å². The van der Waals surface area contributed by atoms with Crippen LogP contribution in [0.2, 0.25) is 0 Å². The molecule has 1 N–H and O–H groups in total. The Labute approximate surface area is 104 Å². The molecule has 0 aliphatic carbocycles. The topological polar surface area (TPSA) is 53.2 Å². The Hall–Kier alpha value is -0.890. The average Bonchev–Trinajstić information content (AvgIpc) is 2.26. The number of nitrogens with zero attached hydrogens (tertiary/aromatic N) is 1. The molecule has 0 saturated heterocycles. The van der Waals surface area contributed by atoms with Gasteiger partial charge in [-0.1, -0.05) is 28.1 Å². The number of hydrogen-bond acceptors (Lipinski definition) is 3. The van der Waals surface area contributed by atoms with Crippen LogP contribution in [0.25, 0.3) is 0 Å². The van der Waals surface area contributed by atoms with Crippen molar-refractivity contribution in [2.75, 3.05) is 13.2 Å². The van der Waals surface area contributed by atoms with Crippen molar-refractivity contribution in [3.63, 3.8) is 0 Å². The SMILES string of the molecule is Cc1ccc(C(C#N)OCCCO)c(Br)c1. The number of benzene rings is 1. The van der Waals surface area contributed by atoms with E-state index in [4.69, 9.17) is 15.1 Å². The molecule has 0 aliphatic rings. The first-order valence-corrected chi connectivity index (χ1v) is 5.86. The Morgan fingerprint density at radius 1 is 1.56 bits per heavy atom. The Morgan fingerprint density at radius 3 is 2.88 bits per heavy atom. The maximum Gasteiger partial charge on any atom is 0.170 e. The summed E-state index contributed by atoms with van der Waals surface area (Å²) in [7, 11) is 0. The lowest BCUT2D eigenvalue weighted by atomic mass is 10.1. The first kappa shape index (κ1) is 13.2. The number of hydrogen-bond donors (Lipinski definition) is 1. The van der Waals surface area contributed by atoms with E-state index >= 15 is 0 Å². The molecule has 16 heavy (non-hydrogen) atoms. The predicted molar refractivity (Wildman–Crippen MR) is 64.9 cm³/mol. The molecule has 1 aromatic carbocycles. The van der Waals surface area contributed by atoms with Crippen LogP contribution in [0.1, 0.15) is 23.7 Å². The minimum absolute atomic E-state index is 0.0766. The average molecular weight is 284 g/mol. The molecule has 3 nitrogen and oxygen atoms in total. The summed E-state index contributed by atoms with van der Waals surface area (Å²) < 4.78 is 6.27. The van der Waals surface area contributed by atoms with Crippen molar-refractivity contribution in [2.24, 2.45) is 0 Å². The molecule has 4 heteroatoms. The maximum atomic E-state index is 9.01. The van der Waals surface area contributed by atoms with Gasteiger partial charge in [-0.15, -0.1) is 0 Å². The van der Waals surface area contributed by atoms with E-state index < -0.39 is 6.10 Å². The molecule has 0 radical (unpaired) electrons. The highest BCUT2D eigenvalue weighted by Crippen LogP contribution is 2.26. The zero-order chi connectivity index (χ0) is 12.0. The maximum absolute atomic E-state index is 9.01. The fraction of sp³-hybridized carbons (Fsp3) is 0.417. The van der Waals surface area contributed by atoms with Crippen molar-refractivity contribution < 1.29 is 9.84 Å². The molecule has 0 bridgehead atoms. The molecule has 0 aliphatic heterocycles. The summed E-state index contributed by atoms with van der Waals surface area (Å²) in [5.74, 6) is 0. The molecule has 0 amide bonds. The van der Waals surface area contributed by atoms with Gasteiger partial charge in [-0.3, -0.25) is 0 Å². The smallest absolute Gasteiger partial charge is 0.170 e. The molecule has 0 heterocycles. The summed E-state index contributed by atoms with van der Waals surface area (Å²) in [6.45, 7) is 2.45. The number of halogens is 1. The Morgan fingerprint density at radius 2 is 2.31 bits per heavy atom. The number of aryl methyl sites for hydroxylation is 1. The second kappa shape index (κ2) is 6.64. The lowest BCUT2D eigenvalue weighted by molar-refractivity contribution is 0.0770. The second-order valence-corrected chi connectivity index (χ2v) is 4.34. The van der Waals surface area contributed by atoms with E-state index in [0.717, 1.165) is 15.6 Å². The van der Waals surface area contributed by atoms with Gasteiger partial charge in [-0.05, 0) is 25.0 Å². The molecule has 1 rings (SSSR count). The van der Waals surface area contributed by atoms with Crippen LogP contribution in [0.3, 0.4) is 0 Å². The molecule has 0 aromatic heterocycles. The van der Waals surface area contributed by atoms with Crippen LogP contribution in [0.5, 0.6) is 0 Å². The normalized spacial score (nSPS) is 12.1. The first-order chi connectivity index (χ1) is 7.69. The molecule has 0 saturated carbocycles. The quantitative estimate of drug-likeness (QED) is 0.846. The Bertz CT molecular complexity index is 387. The van der Waals surface area contributed by atoms with Crippen molar-refractivity contribution in [3.8, 4) is 6.07 Å². The van der Waals surface area contributed by atoms with E-state index in [9.17, 15) is 0 Å². The number of rotatable bonds is 5. The molecule has 1 unspecified atom stereocenters. The molecule has 0 spiro atoms.